The van der Waals surface area contributed by atoms with Gasteiger partial charge in [0.25, 0.3) is 0 Å². The normalized spacial score (nSPS) is 25.7. The van der Waals surface area contributed by atoms with Gasteiger partial charge in [0.1, 0.15) is 0 Å². The Morgan fingerprint density at radius 2 is 2.00 bits per heavy atom. The molecule has 1 aromatic heterocycles. The zero-order chi connectivity index (χ0) is 15.9. The maximum atomic E-state index is 11.1. The Kier molecular flexibility index (Phi) is 3.94. The van der Waals surface area contributed by atoms with E-state index in [2.05, 4.69) is 41.6 Å². The summed E-state index contributed by atoms with van der Waals surface area (Å²) in [6, 6.07) is 7.09. The van der Waals surface area contributed by atoms with Crippen LogP contribution in [0.15, 0.2) is 24.4 Å². The van der Waals surface area contributed by atoms with Gasteiger partial charge in [-0.1, -0.05) is 32.3 Å². The van der Waals surface area contributed by atoms with E-state index in [0.29, 0.717) is 12.0 Å². The number of hydrogen-bond acceptors (Lipinski definition) is 2. The highest BCUT2D eigenvalue weighted by Crippen LogP contribution is 2.39. The van der Waals surface area contributed by atoms with E-state index in [0.717, 1.165) is 37.8 Å². The van der Waals surface area contributed by atoms with E-state index in [1.807, 2.05) is 0 Å². The molecule has 124 valence electrons. The fourth-order valence-corrected chi connectivity index (χ4v) is 4.59. The van der Waals surface area contributed by atoms with Crippen LogP contribution in [0.5, 0.6) is 0 Å². The average Bonchev–Trinajstić information content (AvgIpc) is 3.24. The van der Waals surface area contributed by atoms with E-state index >= 15 is 0 Å². The van der Waals surface area contributed by atoms with Crippen molar-refractivity contribution in [2.75, 3.05) is 6.54 Å². The fraction of sp³-hybridized carbons (Fsp3) is 0.600. The molecule has 1 aromatic carbocycles. The summed E-state index contributed by atoms with van der Waals surface area (Å²) in [5.74, 6) is 0.502. The van der Waals surface area contributed by atoms with Gasteiger partial charge in [0, 0.05) is 23.1 Å². The van der Waals surface area contributed by atoms with Crippen molar-refractivity contribution in [3.05, 3.63) is 35.5 Å². The number of aliphatic hydroxyl groups is 1. The third-order valence-corrected chi connectivity index (χ3v) is 6.12. The van der Waals surface area contributed by atoms with E-state index in [4.69, 9.17) is 0 Å². The van der Waals surface area contributed by atoms with E-state index in [9.17, 15) is 5.11 Å². The number of nitrogens with one attached hydrogen (secondary N) is 2. The Labute approximate surface area is 138 Å². The number of H-pyrrole nitrogens is 1. The molecule has 23 heavy (non-hydrogen) atoms. The van der Waals surface area contributed by atoms with Gasteiger partial charge in [0.05, 0.1) is 5.60 Å². The molecule has 0 radical (unpaired) electrons. The summed E-state index contributed by atoms with van der Waals surface area (Å²) in [4.78, 5) is 3.43. The summed E-state index contributed by atoms with van der Waals surface area (Å²) in [6.07, 6.45) is 10.0. The Morgan fingerprint density at radius 3 is 2.74 bits per heavy atom. The summed E-state index contributed by atoms with van der Waals surface area (Å²) < 4.78 is 0. The third kappa shape index (κ3) is 2.70. The lowest BCUT2D eigenvalue weighted by Gasteiger charge is -2.32. The second-order valence-electron chi connectivity index (χ2n) is 7.59. The zero-order valence-corrected chi connectivity index (χ0v) is 14.1. The summed E-state index contributed by atoms with van der Waals surface area (Å²) in [7, 11) is 0. The van der Waals surface area contributed by atoms with Gasteiger partial charge < -0.3 is 15.4 Å². The number of fused-ring (bicyclic) bond motifs is 1. The highest BCUT2D eigenvalue weighted by molar-refractivity contribution is 5.84. The van der Waals surface area contributed by atoms with Crippen molar-refractivity contribution in [1.29, 1.82) is 0 Å². The van der Waals surface area contributed by atoms with Gasteiger partial charge in [-0.15, -0.1) is 0 Å². The first kappa shape index (κ1) is 15.2. The minimum atomic E-state index is -0.615. The Hall–Kier alpha value is -1.32. The lowest BCUT2D eigenvalue weighted by molar-refractivity contribution is -0.000510. The van der Waals surface area contributed by atoms with Gasteiger partial charge in [-0.2, -0.15) is 0 Å². The SMILES string of the molecule is CC(c1c[nH]c2ccc(C3(O)CCCCC3)cc12)C1CCCN1. The van der Waals surface area contributed by atoms with Crippen molar-refractivity contribution in [3.63, 3.8) is 0 Å². The predicted molar refractivity (Wildman–Crippen MR) is 94.7 cm³/mol. The predicted octanol–water partition coefficient (Wildman–Crippen LogP) is 4.18. The van der Waals surface area contributed by atoms with Crippen LogP contribution in [0.25, 0.3) is 10.9 Å². The summed E-state index contributed by atoms with van der Waals surface area (Å²) in [5.41, 5.74) is 3.07. The molecule has 0 spiro atoms. The Morgan fingerprint density at radius 1 is 1.17 bits per heavy atom. The maximum Gasteiger partial charge on any atom is 0.0896 e. The van der Waals surface area contributed by atoms with Crippen molar-refractivity contribution in [3.8, 4) is 0 Å². The van der Waals surface area contributed by atoms with Crippen LogP contribution in [0.1, 0.15) is 68.9 Å². The van der Waals surface area contributed by atoms with E-state index < -0.39 is 5.60 Å². The Bertz CT molecular complexity index is 678. The van der Waals surface area contributed by atoms with Crippen LogP contribution < -0.4 is 5.32 Å². The van der Waals surface area contributed by atoms with Crippen molar-refractivity contribution in [1.82, 2.24) is 10.3 Å². The number of aromatic nitrogens is 1. The first-order valence-electron chi connectivity index (χ1n) is 9.25. The topological polar surface area (TPSA) is 48.0 Å². The van der Waals surface area contributed by atoms with Gasteiger partial charge in [0.2, 0.25) is 0 Å². The molecule has 3 nitrogen and oxygen atoms in total. The summed E-state index contributed by atoms with van der Waals surface area (Å²) in [5, 5.41) is 16.0. The molecule has 1 saturated carbocycles. The molecule has 0 bridgehead atoms. The van der Waals surface area contributed by atoms with Crippen molar-refractivity contribution in [2.24, 2.45) is 0 Å². The quantitative estimate of drug-likeness (QED) is 0.796. The van der Waals surface area contributed by atoms with Crippen LogP contribution in [0.4, 0.5) is 0 Å². The number of rotatable bonds is 3. The monoisotopic (exact) mass is 312 g/mol. The molecule has 2 aliphatic rings. The molecule has 2 heterocycles. The molecule has 2 unspecified atom stereocenters. The van der Waals surface area contributed by atoms with Crippen LogP contribution in [-0.4, -0.2) is 22.7 Å². The van der Waals surface area contributed by atoms with Crippen LogP contribution in [0.2, 0.25) is 0 Å². The highest BCUT2D eigenvalue weighted by Gasteiger charge is 2.32. The molecule has 4 rings (SSSR count). The molecular formula is C20H28N2O. The number of aromatic amines is 1. The van der Waals surface area contributed by atoms with E-state index in [1.54, 1.807) is 0 Å². The molecule has 2 atom stereocenters. The second kappa shape index (κ2) is 5.95. The smallest absolute Gasteiger partial charge is 0.0896 e. The van der Waals surface area contributed by atoms with Crippen LogP contribution in [-0.2, 0) is 5.60 Å². The molecule has 1 saturated heterocycles. The molecule has 2 aromatic rings. The molecule has 3 N–H and O–H groups in total. The molecule has 3 heteroatoms. The third-order valence-electron chi connectivity index (χ3n) is 6.12. The fourth-order valence-electron chi connectivity index (χ4n) is 4.59. The first-order chi connectivity index (χ1) is 11.2. The van der Waals surface area contributed by atoms with Gasteiger partial charge in [-0.25, -0.2) is 0 Å². The van der Waals surface area contributed by atoms with Crippen LogP contribution in [0, 0.1) is 0 Å². The Balaban J connectivity index is 1.71. The van der Waals surface area contributed by atoms with Crippen molar-refractivity contribution in [2.45, 2.75) is 69.4 Å². The maximum absolute atomic E-state index is 11.1. The second-order valence-corrected chi connectivity index (χ2v) is 7.59. The summed E-state index contributed by atoms with van der Waals surface area (Å²) in [6.45, 7) is 3.47. The first-order valence-corrected chi connectivity index (χ1v) is 9.25. The van der Waals surface area contributed by atoms with Crippen molar-refractivity contribution >= 4 is 10.9 Å². The lowest BCUT2D eigenvalue weighted by atomic mass is 9.79. The minimum Gasteiger partial charge on any atom is -0.385 e. The largest absolute Gasteiger partial charge is 0.385 e. The highest BCUT2D eigenvalue weighted by atomic mass is 16.3. The van der Waals surface area contributed by atoms with Gasteiger partial charge in [0.15, 0.2) is 0 Å². The molecular weight excluding hydrogens is 284 g/mol. The van der Waals surface area contributed by atoms with E-state index in [-0.39, 0.29) is 0 Å². The van der Waals surface area contributed by atoms with Gasteiger partial charge in [-0.05, 0) is 61.4 Å². The standard InChI is InChI=1S/C20H28N2O/c1-14(18-6-5-11-21-18)17-13-22-19-8-7-15(12-16(17)19)20(23)9-3-2-4-10-20/h7-8,12-14,18,21-23H,2-6,9-11H2,1H3. The van der Waals surface area contributed by atoms with Gasteiger partial charge >= 0.3 is 0 Å². The zero-order valence-electron chi connectivity index (χ0n) is 14.1. The molecule has 0 amide bonds. The molecule has 2 fully saturated rings. The lowest BCUT2D eigenvalue weighted by Crippen LogP contribution is -2.28. The number of benzene rings is 1. The van der Waals surface area contributed by atoms with Crippen LogP contribution in [0.3, 0.4) is 0 Å². The van der Waals surface area contributed by atoms with Gasteiger partial charge in [-0.3, -0.25) is 0 Å². The summed E-state index contributed by atoms with van der Waals surface area (Å²) >= 11 is 0. The van der Waals surface area contributed by atoms with E-state index in [1.165, 1.54) is 35.7 Å². The molecule has 1 aliphatic heterocycles. The minimum absolute atomic E-state index is 0.502. The van der Waals surface area contributed by atoms with Crippen LogP contribution >= 0.6 is 0 Å². The number of hydrogen-bond donors (Lipinski definition) is 3. The average molecular weight is 312 g/mol. The molecule has 1 aliphatic carbocycles. The van der Waals surface area contributed by atoms with Crippen molar-refractivity contribution < 1.29 is 5.11 Å².